The van der Waals surface area contributed by atoms with Crippen molar-refractivity contribution in [2.45, 2.75) is 6.42 Å². The number of rotatable bonds is 7. The van der Waals surface area contributed by atoms with Crippen LogP contribution in [-0.2, 0) is 6.42 Å². The quantitative estimate of drug-likeness (QED) is 0.309. The third-order valence-electron chi connectivity index (χ3n) is 5.29. The van der Waals surface area contributed by atoms with Gasteiger partial charge in [0.2, 0.25) is 0 Å². The van der Waals surface area contributed by atoms with Crippen LogP contribution in [0.25, 0.3) is 0 Å². The average Bonchev–Trinajstić information content (AvgIpc) is 2.89. The van der Waals surface area contributed by atoms with E-state index >= 15 is 0 Å². The zero-order chi connectivity index (χ0) is 26.1. The van der Waals surface area contributed by atoms with Crippen molar-refractivity contribution in [2.75, 3.05) is 14.2 Å². The first kappa shape index (κ1) is 25.8. The molecule has 0 bridgehead atoms. The fourth-order valence-corrected chi connectivity index (χ4v) is 3.36. The highest BCUT2D eigenvalue weighted by Gasteiger charge is 2.14. The first-order chi connectivity index (χ1) is 17.3. The Morgan fingerprint density at radius 1 is 0.667 bits per heavy atom. The molecule has 0 aromatic heterocycles. The number of phenols is 3. The van der Waals surface area contributed by atoms with Gasteiger partial charge in [0, 0.05) is 24.1 Å². The maximum Gasteiger partial charge on any atom is 0.196 e. The largest absolute Gasteiger partial charge is 0.508 e. The van der Waals surface area contributed by atoms with E-state index in [1.807, 2.05) is 6.07 Å². The van der Waals surface area contributed by atoms with Crippen LogP contribution in [0.4, 0.5) is 0 Å². The first-order valence-corrected chi connectivity index (χ1v) is 11.0. The number of phenolic OH excluding ortho intramolecular Hbond substituents is 3. The molecule has 4 aromatic rings. The van der Waals surface area contributed by atoms with Crippen molar-refractivity contribution in [2.24, 2.45) is 0 Å². The molecule has 0 amide bonds. The van der Waals surface area contributed by atoms with Gasteiger partial charge in [-0.3, -0.25) is 9.59 Å². The molecule has 0 saturated carbocycles. The number of hydrogen-bond donors (Lipinski definition) is 3. The lowest BCUT2D eigenvalue weighted by Crippen LogP contribution is -2.03. The van der Waals surface area contributed by atoms with Crippen molar-refractivity contribution >= 4 is 11.6 Å². The second-order valence-corrected chi connectivity index (χ2v) is 7.73. The molecule has 0 aliphatic rings. The lowest BCUT2D eigenvalue weighted by molar-refractivity contribution is 0.0988. The Kier molecular flexibility index (Phi) is 8.67. The normalized spacial score (nSPS) is 10.1. The number of carbonyl (C=O) groups is 2. The summed E-state index contributed by atoms with van der Waals surface area (Å²) in [5.41, 5.74) is 1.86. The molecule has 0 spiro atoms. The number of carbonyl (C=O) groups excluding carboxylic acids is 2. The molecule has 0 aliphatic heterocycles. The second kappa shape index (κ2) is 12.1. The monoisotopic (exact) mass is 486 g/mol. The van der Waals surface area contributed by atoms with E-state index in [1.54, 1.807) is 67.8 Å². The standard InChI is InChI=1S/C15H14O4.C14H12O3/c1-19-12-5-2-10(3-6-12)8-14(17)13-7-4-11(16)9-15(13)18;1-17-11-7-8-12(13(15)9-11)14(16)10-5-3-2-4-6-10/h2-7,9,16,18H,8H2,1H3;2-9,15H,1H3. The molecule has 7 heteroatoms. The minimum absolute atomic E-state index is 0.0708. The zero-order valence-electron chi connectivity index (χ0n) is 19.8. The van der Waals surface area contributed by atoms with Crippen LogP contribution in [0, 0.1) is 0 Å². The molecule has 0 unspecified atom stereocenters. The topological polar surface area (TPSA) is 113 Å². The Labute approximate surface area is 208 Å². The number of benzene rings is 4. The summed E-state index contributed by atoms with van der Waals surface area (Å²) in [5.74, 6) is 0.486. The maximum atomic E-state index is 12.1. The van der Waals surface area contributed by atoms with Crippen molar-refractivity contribution in [3.63, 3.8) is 0 Å². The van der Waals surface area contributed by atoms with Crippen LogP contribution in [0.1, 0.15) is 31.8 Å². The lowest BCUT2D eigenvalue weighted by Gasteiger charge is -2.06. The molecular formula is C29H26O7. The molecule has 4 rings (SSSR count). The van der Waals surface area contributed by atoms with E-state index in [2.05, 4.69) is 0 Å². The van der Waals surface area contributed by atoms with Crippen LogP contribution in [0.3, 0.4) is 0 Å². The van der Waals surface area contributed by atoms with Gasteiger partial charge in [-0.15, -0.1) is 0 Å². The highest BCUT2D eigenvalue weighted by molar-refractivity contribution is 6.10. The van der Waals surface area contributed by atoms with Gasteiger partial charge in [-0.05, 0) is 42.0 Å². The summed E-state index contributed by atoms with van der Waals surface area (Å²) < 4.78 is 10.0. The van der Waals surface area contributed by atoms with E-state index in [9.17, 15) is 24.9 Å². The van der Waals surface area contributed by atoms with E-state index in [0.29, 0.717) is 11.3 Å². The molecule has 4 aromatic carbocycles. The molecule has 3 N–H and O–H groups in total. The Bertz CT molecular complexity index is 1330. The number of methoxy groups -OCH3 is 2. The lowest BCUT2D eigenvalue weighted by atomic mass is 10.0. The predicted molar refractivity (Wildman–Crippen MR) is 135 cm³/mol. The van der Waals surface area contributed by atoms with Gasteiger partial charge in [-0.2, -0.15) is 0 Å². The molecule has 36 heavy (non-hydrogen) atoms. The number of ketones is 2. The molecule has 0 radical (unpaired) electrons. The fourth-order valence-electron chi connectivity index (χ4n) is 3.36. The third kappa shape index (κ3) is 6.64. The second-order valence-electron chi connectivity index (χ2n) is 7.73. The molecule has 0 fully saturated rings. The summed E-state index contributed by atoms with van der Waals surface area (Å²) in [6.45, 7) is 0. The number of hydrogen-bond acceptors (Lipinski definition) is 7. The predicted octanol–water partition coefficient (Wildman–Crippen LogP) is 5.16. The minimum Gasteiger partial charge on any atom is -0.508 e. The van der Waals surface area contributed by atoms with Gasteiger partial charge in [-0.1, -0.05) is 42.5 Å². The summed E-state index contributed by atoms with van der Waals surface area (Å²) in [7, 11) is 3.09. The molecule has 0 aliphatic carbocycles. The van der Waals surface area contributed by atoms with E-state index in [0.717, 1.165) is 17.4 Å². The van der Waals surface area contributed by atoms with Crippen molar-refractivity contribution < 1.29 is 34.4 Å². The van der Waals surface area contributed by atoms with E-state index in [4.69, 9.17) is 9.47 Å². The summed E-state index contributed by atoms with van der Waals surface area (Å²) >= 11 is 0. The van der Waals surface area contributed by atoms with Crippen LogP contribution in [0.5, 0.6) is 28.7 Å². The molecular weight excluding hydrogens is 460 g/mol. The summed E-state index contributed by atoms with van der Waals surface area (Å²) in [4.78, 5) is 24.1. The molecule has 0 heterocycles. The van der Waals surface area contributed by atoms with Gasteiger partial charge in [0.1, 0.15) is 28.7 Å². The number of Topliss-reactive ketones (excluding diaryl/α,β-unsaturated/α-hetero) is 1. The maximum absolute atomic E-state index is 12.1. The third-order valence-corrected chi connectivity index (χ3v) is 5.29. The van der Waals surface area contributed by atoms with Crippen LogP contribution in [-0.4, -0.2) is 41.1 Å². The van der Waals surface area contributed by atoms with E-state index in [1.165, 1.54) is 25.3 Å². The smallest absolute Gasteiger partial charge is 0.196 e. The summed E-state index contributed by atoms with van der Waals surface area (Å²) in [6.07, 6.45) is 0.183. The van der Waals surface area contributed by atoms with Gasteiger partial charge in [0.25, 0.3) is 0 Å². The Hall–Kier alpha value is -4.78. The van der Waals surface area contributed by atoms with Crippen LogP contribution in [0.2, 0.25) is 0 Å². The SMILES string of the molecule is COc1ccc(C(=O)c2ccccc2)c(O)c1.COc1ccc(CC(=O)c2ccc(O)cc2O)cc1. The number of ether oxygens (including phenoxy) is 2. The molecule has 7 nitrogen and oxygen atoms in total. The molecule has 184 valence electrons. The van der Waals surface area contributed by atoms with Gasteiger partial charge < -0.3 is 24.8 Å². The summed E-state index contributed by atoms with van der Waals surface area (Å²) in [5, 5.41) is 28.6. The Morgan fingerprint density at radius 3 is 1.83 bits per heavy atom. The molecule has 0 saturated heterocycles. The molecule has 0 atom stereocenters. The van der Waals surface area contributed by atoms with Gasteiger partial charge >= 0.3 is 0 Å². The van der Waals surface area contributed by atoms with Crippen molar-refractivity contribution in [1.29, 1.82) is 0 Å². The number of aromatic hydroxyl groups is 3. The average molecular weight is 487 g/mol. The van der Waals surface area contributed by atoms with Gasteiger partial charge in [-0.25, -0.2) is 0 Å². The minimum atomic E-state index is -0.210. The van der Waals surface area contributed by atoms with Gasteiger partial charge in [0.15, 0.2) is 11.6 Å². The van der Waals surface area contributed by atoms with Gasteiger partial charge in [0.05, 0.1) is 25.3 Å². The first-order valence-electron chi connectivity index (χ1n) is 11.0. The van der Waals surface area contributed by atoms with Crippen molar-refractivity contribution in [3.05, 3.63) is 113 Å². The van der Waals surface area contributed by atoms with Crippen LogP contribution >= 0.6 is 0 Å². The zero-order valence-corrected chi connectivity index (χ0v) is 19.8. The van der Waals surface area contributed by atoms with E-state index < -0.39 is 0 Å². The fraction of sp³-hybridized carbons (Fsp3) is 0.103. The van der Waals surface area contributed by atoms with Crippen LogP contribution in [0.15, 0.2) is 91.0 Å². The van der Waals surface area contributed by atoms with Crippen molar-refractivity contribution in [1.82, 2.24) is 0 Å². The van der Waals surface area contributed by atoms with E-state index in [-0.39, 0.29) is 46.4 Å². The Morgan fingerprint density at radius 2 is 1.25 bits per heavy atom. The highest BCUT2D eigenvalue weighted by atomic mass is 16.5. The van der Waals surface area contributed by atoms with Crippen LogP contribution < -0.4 is 9.47 Å². The van der Waals surface area contributed by atoms with Crippen molar-refractivity contribution in [3.8, 4) is 28.7 Å². The summed E-state index contributed by atoms with van der Waals surface area (Å²) in [6, 6.07) is 24.6. The Balaban J connectivity index is 0.000000202. The highest BCUT2D eigenvalue weighted by Crippen LogP contribution is 2.26.